The van der Waals surface area contributed by atoms with Crippen molar-refractivity contribution in [2.45, 2.75) is 63.0 Å². The summed E-state index contributed by atoms with van der Waals surface area (Å²) in [6, 6.07) is 27.9. The van der Waals surface area contributed by atoms with E-state index in [4.69, 9.17) is 4.43 Å². The standard InChI is InChI=1S/C32H39N3O3S2Si/c1-31(2,3)41(28-13-7-5-8-14-28,29-15-9-6-10-16-29)38-23-26-17-19-27(20-18-26)40(36,37)34-30(39-4)35-25-32(24-33-35)21-11-12-22-32/h5-10,13-20,24H,11-12,21-23,25H2,1-4H3/b34-30-. The SMILES string of the molecule is CS/C(=N\S(=O)(=O)c1ccc(CO[Si](c2ccccc2)(c2ccccc2)C(C)(C)C)cc1)N1CC2(C=N1)CCCC2. The smallest absolute Gasteiger partial charge is 0.284 e. The molecular weight excluding hydrogens is 567 g/mol. The van der Waals surface area contributed by atoms with Gasteiger partial charge in [0.2, 0.25) is 0 Å². The van der Waals surface area contributed by atoms with Crippen LogP contribution in [0.1, 0.15) is 52.0 Å². The molecule has 6 nitrogen and oxygen atoms in total. The van der Waals surface area contributed by atoms with Crippen LogP contribution in [0.3, 0.4) is 0 Å². The van der Waals surface area contributed by atoms with Crippen molar-refractivity contribution in [3.05, 3.63) is 90.5 Å². The van der Waals surface area contributed by atoms with Gasteiger partial charge in [0.1, 0.15) is 0 Å². The van der Waals surface area contributed by atoms with Crippen LogP contribution < -0.4 is 10.4 Å². The molecule has 1 heterocycles. The number of nitrogens with zero attached hydrogens (tertiary/aromatic N) is 3. The van der Waals surface area contributed by atoms with Crippen LogP contribution in [0.4, 0.5) is 0 Å². The van der Waals surface area contributed by atoms with Crippen LogP contribution in [-0.4, -0.2) is 45.9 Å². The Morgan fingerprint density at radius 1 is 0.951 bits per heavy atom. The molecule has 1 saturated carbocycles. The fourth-order valence-electron chi connectivity index (χ4n) is 6.11. The number of hydrogen-bond donors (Lipinski definition) is 0. The monoisotopic (exact) mass is 605 g/mol. The Kier molecular flexibility index (Phi) is 8.62. The maximum absolute atomic E-state index is 13.3. The topological polar surface area (TPSA) is 71.3 Å². The molecule has 0 aromatic heterocycles. The Labute approximate surface area is 250 Å². The first kappa shape index (κ1) is 29.8. The fourth-order valence-corrected chi connectivity index (χ4v) is 12.5. The second-order valence-electron chi connectivity index (χ2n) is 12.0. The van der Waals surface area contributed by atoms with Crippen LogP contribution in [0.5, 0.6) is 0 Å². The fraction of sp³-hybridized carbons (Fsp3) is 0.375. The number of thioether (sulfide) groups is 1. The first-order valence-corrected chi connectivity index (χ1v) is 18.7. The van der Waals surface area contributed by atoms with Gasteiger partial charge in [0.15, 0.2) is 5.17 Å². The van der Waals surface area contributed by atoms with Gasteiger partial charge in [-0.05, 0) is 52.2 Å². The molecule has 0 atom stereocenters. The third-order valence-electron chi connectivity index (χ3n) is 8.23. The number of hydrazone groups is 1. The van der Waals surface area contributed by atoms with Gasteiger partial charge in [-0.3, -0.25) is 0 Å². The zero-order chi connectivity index (χ0) is 29.1. The summed E-state index contributed by atoms with van der Waals surface area (Å²) in [5.74, 6) is 0. The summed E-state index contributed by atoms with van der Waals surface area (Å²) in [7, 11) is -6.59. The van der Waals surface area contributed by atoms with Crippen molar-refractivity contribution in [2.75, 3.05) is 12.8 Å². The number of rotatable bonds is 7. The van der Waals surface area contributed by atoms with E-state index in [1.165, 1.54) is 35.0 Å². The predicted octanol–water partition coefficient (Wildman–Crippen LogP) is 6.03. The molecule has 1 fully saturated rings. The van der Waals surface area contributed by atoms with Gasteiger partial charge >= 0.3 is 0 Å². The van der Waals surface area contributed by atoms with E-state index in [1.54, 1.807) is 17.1 Å². The molecule has 0 radical (unpaired) electrons. The van der Waals surface area contributed by atoms with Crippen LogP contribution in [0.2, 0.25) is 5.04 Å². The minimum absolute atomic E-state index is 0.0625. The summed E-state index contributed by atoms with van der Waals surface area (Å²) in [6.45, 7) is 7.80. The zero-order valence-electron chi connectivity index (χ0n) is 24.3. The molecule has 9 heteroatoms. The number of sulfonamides is 1. The van der Waals surface area contributed by atoms with Gasteiger partial charge in [0.25, 0.3) is 18.3 Å². The lowest BCUT2D eigenvalue weighted by atomic mass is 9.89. The van der Waals surface area contributed by atoms with Crippen LogP contribution >= 0.6 is 11.8 Å². The second kappa shape index (κ2) is 11.9. The van der Waals surface area contributed by atoms with Crippen molar-refractivity contribution in [3.63, 3.8) is 0 Å². The lowest BCUT2D eigenvalue weighted by Gasteiger charge is -2.43. The molecule has 1 aliphatic carbocycles. The highest BCUT2D eigenvalue weighted by atomic mass is 32.2. The minimum Gasteiger partial charge on any atom is -0.403 e. The van der Waals surface area contributed by atoms with E-state index in [0.717, 1.165) is 18.4 Å². The molecule has 0 saturated heterocycles. The molecule has 0 bridgehead atoms. The maximum atomic E-state index is 13.3. The van der Waals surface area contributed by atoms with Gasteiger partial charge in [-0.2, -0.15) is 13.5 Å². The van der Waals surface area contributed by atoms with E-state index in [2.05, 4.69) is 78.8 Å². The Hall–Kier alpha value is -2.72. The van der Waals surface area contributed by atoms with Gasteiger partial charge in [-0.25, -0.2) is 5.01 Å². The number of benzene rings is 3. The average molecular weight is 606 g/mol. The normalized spacial score (nSPS) is 17.5. The summed E-state index contributed by atoms with van der Waals surface area (Å²) in [5.41, 5.74) is 0.978. The minimum atomic E-state index is -3.89. The highest BCUT2D eigenvalue weighted by molar-refractivity contribution is 8.13. The molecule has 216 valence electrons. The van der Waals surface area contributed by atoms with Crippen molar-refractivity contribution in [1.82, 2.24) is 5.01 Å². The highest BCUT2D eigenvalue weighted by Gasteiger charge is 2.50. The lowest BCUT2D eigenvalue weighted by Crippen LogP contribution is -2.66. The van der Waals surface area contributed by atoms with E-state index in [-0.39, 0.29) is 15.3 Å². The molecule has 1 aliphatic heterocycles. The van der Waals surface area contributed by atoms with Gasteiger partial charge < -0.3 is 4.43 Å². The number of amidine groups is 1. The first-order valence-electron chi connectivity index (χ1n) is 14.1. The number of hydrogen-bond acceptors (Lipinski definition) is 5. The van der Waals surface area contributed by atoms with Gasteiger partial charge in [-0.15, -0.1) is 4.40 Å². The Morgan fingerprint density at radius 3 is 2.02 bits per heavy atom. The maximum Gasteiger partial charge on any atom is 0.284 e. The zero-order valence-corrected chi connectivity index (χ0v) is 26.9. The van der Waals surface area contributed by atoms with Gasteiger partial charge in [-0.1, -0.05) is 118 Å². The van der Waals surface area contributed by atoms with Crippen molar-refractivity contribution in [3.8, 4) is 0 Å². The molecule has 0 unspecified atom stereocenters. The molecule has 3 aromatic carbocycles. The lowest BCUT2D eigenvalue weighted by molar-refractivity contribution is 0.286. The summed E-state index contributed by atoms with van der Waals surface area (Å²) in [6.07, 6.45) is 8.41. The van der Waals surface area contributed by atoms with Crippen LogP contribution in [0, 0.1) is 5.41 Å². The molecule has 0 amide bonds. The molecular formula is C32H39N3O3S2Si. The van der Waals surface area contributed by atoms with Crippen LogP contribution in [-0.2, 0) is 21.1 Å². The summed E-state index contributed by atoms with van der Waals surface area (Å²) >= 11 is 1.31. The van der Waals surface area contributed by atoms with Crippen LogP contribution in [0.25, 0.3) is 0 Å². The third kappa shape index (κ3) is 6.09. The Balaban J connectivity index is 1.38. The molecule has 5 rings (SSSR count). The highest BCUT2D eigenvalue weighted by Crippen LogP contribution is 2.41. The molecule has 41 heavy (non-hydrogen) atoms. The van der Waals surface area contributed by atoms with Gasteiger partial charge in [0, 0.05) is 11.6 Å². The van der Waals surface area contributed by atoms with E-state index >= 15 is 0 Å². The predicted molar refractivity (Wildman–Crippen MR) is 173 cm³/mol. The Bertz CT molecular complexity index is 1460. The molecule has 3 aromatic rings. The van der Waals surface area contributed by atoms with Crippen molar-refractivity contribution in [1.29, 1.82) is 0 Å². The molecule has 1 spiro atoms. The van der Waals surface area contributed by atoms with E-state index in [9.17, 15) is 8.42 Å². The van der Waals surface area contributed by atoms with Crippen molar-refractivity contribution < 1.29 is 12.8 Å². The van der Waals surface area contributed by atoms with Crippen molar-refractivity contribution in [2.24, 2.45) is 14.9 Å². The van der Waals surface area contributed by atoms with E-state index < -0.39 is 18.3 Å². The summed E-state index contributed by atoms with van der Waals surface area (Å²) in [5, 5.41) is 8.96. The summed E-state index contributed by atoms with van der Waals surface area (Å²) in [4.78, 5) is 0.164. The molecule has 0 N–H and O–H groups in total. The summed E-state index contributed by atoms with van der Waals surface area (Å²) < 4.78 is 37.8. The third-order valence-corrected chi connectivity index (χ3v) is 15.3. The average Bonchev–Trinajstić information content (AvgIpc) is 3.62. The largest absolute Gasteiger partial charge is 0.403 e. The first-order chi connectivity index (χ1) is 19.6. The van der Waals surface area contributed by atoms with E-state index in [1.807, 2.05) is 36.7 Å². The van der Waals surface area contributed by atoms with Gasteiger partial charge in [0.05, 0.1) is 18.0 Å². The second-order valence-corrected chi connectivity index (χ2v) is 18.7. The quantitative estimate of drug-likeness (QED) is 0.187. The van der Waals surface area contributed by atoms with Crippen LogP contribution in [0.15, 0.2) is 99.3 Å². The Morgan fingerprint density at radius 2 is 1.51 bits per heavy atom. The molecule has 2 aliphatic rings. The van der Waals surface area contributed by atoms with E-state index in [0.29, 0.717) is 18.3 Å². The van der Waals surface area contributed by atoms with Crippen molar-refractivity contribution >= 4 is 51.9 Å².